The van der Waals surface area contributed by atoms with E-state index in [9.17, 15) is 14.7 Å². The zero-order valence-corrected chi connectivity index (χ0v) is 22.4. The lowest BCUT2D eigenvalue weighted by Crippen LogP contribution is -2.51. The van der Waals surface area contributed by atoms with Crippen LogP contribution in [0.2, 0.25) is 0 Å². The van der Waals surface area contributed by atoms with Gasteiger partial charge in [0, 0.05) is 26.2 Å². The van der Waals surface area contributed by atoms with Crippen molar-refractivity contribution < 1.29 is 14.7 Å². The number of aliphatic hydroxyl groups excluding tert-OH is 1. The van der Waals surface area contributed by atoms with Gasteiger partial charge >= 0.3 is 0 Å². The maximum absolute atomic E-state index is 13.8. The van der Waals surface area contributed by atoms with Crippen molar-refractivity contribution in [3.63, 3.8) is 0 Å². The molecule has 0 aliphatic carbocycles. The molecular weight excluding hydrogens is 490 g/mol. The van der Waals surface area contributed by atoms with Gasteiger partial charge in [-0.05, 0) is 30.9 Å². The molecule has 1 aromatic carbocycles. The number of hydrogen-bond donors (Lipinski definition) is 2. The fraction of sp³-hybridized carbons (Fsp3) is 0.462. The van der Waals surface area contributed by atoms with Gasteiger partial charge in [-0.3, -0.25) is 14.3 Å². The summed E-state index contributed by atoms with van der Waals surface area (Å²) in [6.45, 7) is 7.86. The van der Waals surface area contributed by atoms with Gasteiger partial charge in [-0.2, -0.15) is 4.99 Å². The van der Waals surface area contributed by atoms with Crippen LogP contribution in [0.1, 0.15) is 50.1 Å². The molecule has 2 N–H and O–H groups in total. The number of benzene rings is 1. The van der Waals surface area contributed by atoms with Crippen LogP contribution in [0.4, 0.5) is 0 Å². The maximum atomic E-state index is 13.8. The van der Waals surface area contributed by atoms with Crippen LogP contribution in [0.5, 0.6) is 0 Å². The largest absolute Gasteiger partial charge is 0.391 e. The third-order valence-electron chi connectivity index (χ3n) is 7.25. The van der Waals surface area contributed by atoms with E-state index in [0.29, 0.717) is 18.0 Å². The highest BCUT2D eigenvalue weighted by Gasteiger charge is 2.48. The Bertz CT molecular complexity index is 1360. The van der Waals surface area contributed by atoms with Crippen LogP contribution in [-0.4, -0.2) is 66.3 Å². The van der Waals surface area contributed by atoms with Crippen molar-refractivity contribution in [3.05, 3.63) is 52.9 Å². The van der Waals surface area contributed by atoms with Gasteiger partial charge in [-0.1, -0.05) is 43.3 Å². The third-order valence-corrected chi connectivity index (χ3v) is 8.22. The first kappa shape index (κ1) is 25.2. The Morgan fingerprint density at radius 3 is 2.59 bits per heavy atom. The number of aliphatic imine (C=N–C) groups is 1. The molecule has 0 spiro atoms. The average Bonchev–Trinajstić information content (AvgIpc) is 3.62. The van der Waals surface area contributed by atoms with E-state index in [1.54, 1.807) is 41.1 Å². The summed E-state index contributed by atoms with van der Waals surface area (Å²) in [5.74, 6) is -0.636. The standard InChI is InChI=1S/C26H31N7O3S/c1-14(2)21(19-12-32(5)31-30-19)24(35)33-11-18(34)10-20(33)23-28-25(36)26(4,29-23)17-8-6-16(7-9-17)22-15(3)27-13-37-22/h6-9,12-14,18,20-21,34H,10-11H2,1-5H3,(H,28,29,36)/t18-,20-,21?,26+/m1/s1. The summed E-state index contributed by atoms with van der Waals surface area (Å²) in [5.41, 5.74) is 4.12. The quantitative estimate of drug-likeness (QED) is 0.510. The van der Waals surface area contributed by atoms with E-state index in [4.69, 9.17) is 0 Å². The number of rotatable bonds is 6. The number of amidine groups is 1. The second-order valence-electron chi connectivity index (χ2n) is 10.3. The number of nitrogens with zero attached hydrogens (tertiary/aromatic N) is 6. The van der Waals surface area contributed by atoms with Gasteiger partial charge in [0.05, 0.1) is 39.8 Å². The minimum absolute atomic E-state index is 0.0336. The van der Waals surface area contributed by atoms with Crippen LogP contribution in [-0.2, 0) is 22.2 Å². The molecule has 0 saturated carbocycles. The second kappa shape index (κ2) is 9.46. The molecule has 2 aliphatic rings. The number of thiazole rings is 1. The normalized spacial score (nSPS) is 24.5. The molecule has 1 saturated heterocycles. The molecule has 1 fully saturated rings. The molecule has 2 aliphatic heterocycles. The molecule has 4 atom stereocenters. The highest BCUT2D eigenvalue weighted by atomic mass is 32.1. The first-order chi connectivity index (χ1) is 17.6. The number of carbonyl (C=O) groups is 2. The summed E-state index contributed by atoms with van der Waals surface area (Å²) < 4.78 is 1.57. The third kappa shape index (κ3) is 4.46. The van der Waals surface area contributed by atoms with Gasteiger partial charge in [0.25, 0.3) is 5.91 Å². The second-order valence-corrected chi connectivity index (χ2v) is 11.2. The maximum Gasteiger partial charge on any atom is 0.277 e. The molecule has 37 heavy (non-hydrogen) atoms. The first-order valence-corrected chi connectivity index (χ1v) is 13.2. The van der Waals surface area contributed by atoms with Crippen molar-refractivity contribution in [3.8, 4) is 10.4 Å². The van der Waals surface area contributed by atoms with Crippen LogP contribution < -0.4 is 5.32 Å². The number of aromatic nitrogens is 4. The lowest BCUT2D eigenvalue weighted by atomic mass is 9.90. The SMILES string of the molecule is Cc1ncsc1-c1ccc([C@]2(C)NC([C@H]3C[C@@H](O)CN3C(=O)C(c3cn(C)nn3)C(C)C)=NC2=O)cc1. The fourth-order valence-electron chi connectivity index (χ4n) is 5.20. The van der Waals surface area contributed by atoms with E-state index in [2.05, 4.69) is 25.6 Å². The van der Waals surface area contributed by atoms with Crippen LogP contribution >= 0.6 is 11.3 Å². The Morgan fingerprint density at radius 1 is 1.27 bits per heavy atom. The van der Waals surface area contributed by atoms with Crippen molar-refractivity contribution in [1.29, 1.82) is 0 Å². The minimum Gasteiger partial charge on any atom is -0.391 e. The summed E-state index contributed by atoms with van der Waals surface area (Å²) in [6.07, 6.45) is 1.33. The number of β-amino-alcohol motifs (C(OH)–C–C–N with tert-alkyl or cyclic N) is 1. The Hall–Kier alpha value is -3.44. The lowest BCUT2D eigenvalue weighted by molar-refractivity contribution is -0.134. The molecule has 10 nitrogen and oxygen atoms in total. The monoisotopic (exact) mass is 521 g/mol. The summed E-state index contributed by atoms with van der Waals surface area (Å²) >= 11 is 1.58. The average molecular weight is 522 g/mol. The van der Waals surface area contributed by atoms with Gasteiger partial charge in [-0.25, -0.2) is 4.98 Å². The topological polar surface area (TPSA) is 126 Å². The molecule has 2 amide bonds. The molecule has 1 unspecified atom stereocenters. The predicted molar refractivity (Wildman–Crippen MR) is 140 cm³/mol. The molecule has 5 rings (SSSR count). The Kier molecular flexibility index (Phi) is 6.45. The van der Waals surface area contributed by atoms with E-state index < -0.39 is 23.6 Å². The van der Waals surface area contributed by atoms with Crippen LogP contribution in [0.3, 0.4) is 0 Å². The molecule has 0 bridgehead atoms. The lowest BCUT2D eigenvalue weighted by Gasteiger charge is -2.31. The molecule has 3 aromatic rings. The van der Waals surface area contributed by atoms with Gasteiger partial charge in [-0.15, -0.1) is 16.4 Å². The number of aliphatic hydroxyl groups is 1. The molecule has 4 heterocycles. The fourth-order valence-corrected chi connectivity index (χ4v) is 6.01. The predicted octanol–water partition coefficient (Wildman–Crippen LogP) is 2.39. The number of hydrogen-bond acceptors (Lipinski definition) is 8. The zero-order valence-electron chi connectivity index (χ0n) is 21.5. The minimum atomic E-state index is -1.07. The van der Waals surface area contributed by atoms with Crippen LogP contribution in [0, 0.1) is 12.8 Å². The number of likely N-dealkylation sites (tertiary alicyclic amines) is 1. The van der Waals surface area contributed by atoms with Crippen molar-refractivity contribution in [2.75, 3.05) is 6.54 Å². The highest BCUT2D eigenvalue weighted by Crippen LogP contribution is 2.34. The van der Waals surface area contributed by atoms with E-state index >= 15 is 0 Å². The Balaban J connectivity index is 1.39. The molecular formula is C26H31N7O3S. The van der Waals surface area contributed by atoms with E-state index in [-0.39, 0.29) is 24.3 Å². The number of nitrogens with one attached hydrogen (secondary N) is 1. The van der Waals surface area contributed by atoms with Crippen LogP contribution in [0.25, 0.3) is 10.4 Å². The number of carbonyl (C=O) groups excluding carboxylic acids is 2. The molecule has 0 radical (unpaired) electrons. The highest BCUT2D eigenvalue weighted by molar-refractivity contribution is 7.13. The molecule has 2 aromatic heterocycles. The first-order valence-electron chi connectivity index (χ1n) is 12.4. The molecule has 194 valence electrons. The van der Waals surface area contributed by atoms with Gasteiger partial charge in [0.1, 0.15) is 11.4 Å². The summed E-state index contributed by atoms with van der Waals surface area (Å²) in [4.78, 5) is 38.4. The van der Waals surface area contributed by atoms with E-state index in [0.717, 1.165) is 21.7 Å². The number of aryl methyl sites for hydroxylation is 2. The molecule has 11 heteroatoms. The Labute approximate surface area is 219 Å². The van der Waals surface area contributed by atoms with E-state index in [1.165, 1.54) is 0 Å². The van der Waals surface area contributed by atoms with Crippen molar-refractivity contribution >= 4 is 29.0 Å². The summed E-state index contributed by atoms with van der Waals surface area (Å²) in [7, 11) is 1.76. The van der Waals surface area contributed by atoms with Crippen molar-refractivity contribution in [1.82, 2.24) is 30.2 Å². The summed E-state index contributed by atoms with van der Waals surface area (Å²) in [5, 5.41) is 22.0. The van der Waals surface area contributed by atoms with Gasteiger partial charge in [0.2, 0.25) is 5.91 Å². The van der Waals surface area contributed by atoms with Crippen LogP contribution in [0.15, 0.2) is 41.0 Å². The number of amides is 2. The zero-order chi connectivity index (χ0) is 26.5. The van der Waals surface area contributed by atoms with E-state index in [1.807, 2.05) is 50.5 Å². The Morgan fingerprint density at radius 2 is 2.00 bits per heavy atom. The van der Waals surface area contributed by atoms with Crippen molar-refractivity contribution in [2.24, 2.45) is 18.0 Å². The van der Waals surface area contributed by atoms with Gasteiger partial charge in [0.15, 0.2) is 0 Å². The summed E-state index contributed by atoms with van der Waals surface area (Å²) in [6, 6.07) is 7.28. The van der Waals surface area contributed by atoms with Gasteiger partial charge < -0.3 is 15.3 Å². The smallest absolute Gasteiger partial charge is 0.277 e. The van der Waals surface area contributed by atoms with Crippen molar-refractivity contribution in [2.45, 2.75) is 57.7 Å².